The van der Waals surface area contributed by atoms with Gasteiger partial charge in [-0.15, -0.1) is 0 Å². The fourth-order valence-corrected chi connectivity index (χ4v) is 2.36. The minimum absolute atomic E-state index is 0.209. The molecule has 6 nitrogen and oxygen atoms in total. The number of hydrogen-bond donors (Lipinski definition) is 1. The van der Waals surface area contributed by atoms with Crippen molar-refractivity contribution in [3.63, 3.8) is 0 Å². The van der Waals surface area contributed by atoms with Crippen LogP contribution in [0.4, 0.5) is 5.69 Å². The lowest BCUT2D eigenvalue weighted by molar-refractivity contribution is -0.117. The molecule has 0 atom stereocenters. The van der Waals surface area contributed by atoms with Gasteiger partial charge in [0.2, 0.25) is 5.91 Å². The third kappa shape index (κ3) is 3.38. The van der Waals surface area contributed by atoms with Gasteiger partial charge in [-0.25, -0.2) is 4.68 Å². The summed E-state index contributed by atoms with van der Waals surface area (Å²) < 4.78 is 6.34. The van der Waals surface area contributed by atoms with Crippen molar-refractivity contribution in [2.45, 2.75) is 13.5 Å². The van der Waals surface area contributed by atoms with Gasteiger partial charge in [0.15, 0.2) is 5.76 Å². The van der Waals surface area contributed by atoms with Gasteiger partial charge in [0.05, 0.1) is 6.26 Å². The Morgan fingerprint density at radius 1 is 1.25 bits per heavy atom. The van der Waals surface area contributed by atoms with Crippen LogP contribution in [0.15, 0.2) is 57.9 Å². The van der Waals surface area contributed by atoms with Crippen molar-refractivity contribution in [3.8, 4) is 11.5 Å². The Kier molecular flexibility index (Phi) is 4.48. The Bertz CT molecular complexity index is 933. The molecular formula is C17H14ClN3O3. The molecule has 0 fully saturated rings. The van der Waals surface area contributed by atoms with E-state index in [9.17, 15) is 9.59 Å². The fraction of sp³-hybridized carbons (Fsp3) is 0.118. The number of aromatic nitrogens is 2. The molecule has 2 heterocycles. The molecule has 0 spiro atoms. The molecule has 0 saturated carbocycles. The van der Waals surface area contributed by atoms with E-state index in [1.165, 1.54) is 12.3 Å². The highest BCUT2D eigenvalue weighted by atomic mass is 35.5. The first-order chi connectivity index (χ1) is 11.5. The van der Waals surface area contributed by atoms with Gasteiger partial charge in [-0.3, -0.25) is 9.59 Å². The van der Waals surface area contributed by atoms with E-state index < -0.39 is 0 Å². The molecule has 2 aromatic heterocycles. The van der Waals surface area contributed by atoms with Gasteiger partial charge < -0.3 is 9.73 Å². The molecule has 0 unspecified atom stereocenters. The number of hydrogen-bond acceptors (Lipinski definition) is 4. The van der Waals surface area contributed by atoms with E-state index in [0.29, 0.717) is 22.2 Å². The number of benzene rings is 1. The first-order valence-corrected chi connectivity index (χ1v) is 7.59. The number of nitrogens with zero attached hydrogens (tertiary/aromatic N) is 2. The van der Waals surface area contributed by atoms with E-state index in [1.807, 2.05) is 0 Å². The van der Waals surface area contributed by atoms with Crippen LogP contribution in [0.1, 0.15) is 5.56 Å². The summed E-state index contributed by atoms with van der Waals surface area (Å²) in [6.45, 7) is 1.60. The maximum absolute atomic E-state index is 12.2. The zero-order chi connectivity index (χ0) is 17.1. The number of amides is 1. The number of halogens is 1. The highest BCUT2D eigenvalue weighted by molar-refractivity contribution is 6.31. The number of nitrogens with one attached hydrogen (secondary N) is 1. The first kappa shape index (κ1) is 16.0. The monoisotopic (exact) mass is 343 g/mol. The quantitative estimate of drug-likeness (QED) is 0.789. The first-order valence-electron chi connectivity index (χ1n) is 7.21. The summed E-state index contributed by atoms with van der Waals surface area (Å²) in [5, 5.41) is 7.45. The zero-order valence-electron chi connectivity index (χ0n) is 12.8. The normalized spacial score (nSPS) is 10.6. The van der Waals surface area contributed by atoms with Crippen LogP contribution in [0, 0.1) is 6.92 Å². The molecule has 122 valence electrons. The van der Waals surface area contributed by atoms with Crippen LogP contribution in [-0.4, -0.2) is 15.7 Å². The van der Waals surface area contributed by atoms with Crippen molar-refractivity contribution >= 4 is 23.2 Å². The van der Waals surface area contributed by atoms with E-state index in [-0.39, 0.29) is 18.0 Å². The van der Waals surface area contributed by atoms with Gasteiger partial charge in [-0.05, 0) is 42.8 Å². The molecule has 24 heavy (non-hydrogen) atoms. The van der Waals surface area contributed by atoms with Crippen molar-refractivity contribution < 1.29 is 9.21 Å². The van der Waals surface area contributed by atoms with Crippen LogP contribution in [0.25, 0.3) is 11.5 Å². The zero-order valence-corrected chi connectivity index (χ0v) is 13.6. The standard InChI is InChI=1S/C17H14ClN3O3/c1-11-12(18)4-2-5-13(11)19-16(22)10-21-17(23)8-7-14(20-21)15-6-3-9-24-15/h2-9H,10H2,1H3,(H,19,22). The second kappa shape index (κ2) is 6.72. The minimum atomic E-state index is -0.372. The number of carbonyl (C=O) groups is 1. The second-order valence-corrected chi connectivity index (χ2v) is 5.56. The molecule has 0 radical (unpaired) electrons. The Hall–Kier alpha value is -2.86. The van der Waals surface area contributed by atoms with Gasteiger partial charge in [-0.2, -0.15) is 5.10 Å². The molecular weight excluding hydrogens is 330 g/mol. The molecule has 0 bridgehead atoms. The highest BCUT2D eigenvalue weighted by Gasteiger charge is 2.11. The van der Waals surface area contributed by atoms with E-state index >= 15 is 0 Å². The summed E-state index contributed by atoms with van der Waals surface area (Å²) in [5.74, 6) is 0.154. The van der Waals surface area contributed by atoms with Crippen molar-refractivity contribution in [1.82, 2.24) is 9.78 Å². The van der Waals surface area contributed by atoms with Gasteiger partial charge in [0.1, 0.15) is 12.2 Å². The van der Waals surface area contributed by atoms with Crippen molar-refractivity contribution in [2.24, 2.45) is 0 Å². The van der Waals surface area contributed by atoms with Crippen LogP contribution in [0.2, 0.25) is 5.02 Å². The molecule has 0 aliphatic rings. The van der Waals surface area contributed by atoms with E-state index in [0.717, 1.165) is 10.2 Å². The van der Waals surface area contributed by atoms with Gasteiger partial charge in [0, 0.05) is 16.8 Å². The summed E-state index contributed by atoms with van der Waals surface area (Å²) in [5.41, 5.74) is 1.47. The summed E-state index contributed by atoms with van der Waals surface area (Å²) in [7, 11) is 0. The number of furan rings is 1. The third-order valence-corrected chi connectivity index (χ3v) is 3.88. The lowest BCUT2D eigenvalue weighted by Gasteiger charge is -2.10. The summed E-state index contributed by atoms with van der Waals surface area (Å²) >= 11 is 6.03. The molecule has 0 saturated heterocycles. The molecule has 1 aromatic carbocycles. The predicted octanol–water partition coefficient (Wildman–Crippen LogP) is 3.10. The SMILES string of the molecule is Cc1c(Cl)cccc1NC(=O)Cn1nc(-c2ccco2)ccc1=O. The number of rotatable bonds is 4. The molecule has 3 aromatic rings. The average molecular weight is 344 g/mol. The van der Waals surface area contributed by atoms with E-state index in [1.54, 1.807) is 43.3 Å². The largest absolute Gasteiger partial charge is 0.463 e. The maximum Gasteiger partial charge on any atom is 0.267 e. The lowest BCUT2D eigenvalue weighted by atomic mass is 10.2. The fourth-order valence-electron chi connectivity index (χ4n) is 2.19. The Morgan fingerprint density at radius 2 is 2.08 bits per heavy atom. The highest BCUT2D eigenvalue weighted by Crippen LogP contribution is 2.22. The second-order valence-electron chi connectivity index (χ2n) is 5.15. The number of anilines is 1. The molecule has 3 rings (SSSR count). The molecule has 0 aliphatic heterocycles. The topological polar surface area (TPSA) is 77.1 Å². The maximum atomic E-state index is 12.2. The smallest absolute Gasteiger partial charge is 0.267 e. The Labute approximate surface area is 142 Å². The minimum Gasteiger partial charge on any atom is -0.463 e. The molecule has 0 aliphatic carbocycles. The molecule has 7 heteroatoms. The summed E-state index contributed by atoms with van der Waals surface area (Å²) in [6.07, 6.45) is 1.51. The van der Waals surface area contributed by atoms with Crippen LogP contribution >= 0.6 is 11.6 Å². The average Bonchev–Trinajstić information content (AvgIpc) is 3.08. The van der Waals surface area contributed by atoms with Crippen LogP contribution < -0.4 is 10.9 Å². The van der Waals surface area contributed by atoms with Crippen molar-refractivity contribution in [2.75, 3.05) is 5.32 Å². The van der Waals surface area contributed by atoms with Gasteiger partial charge in [0.25, 0.3) is 5.56 Å². The van der Waals surface area contributed by atoms with Crippen LogP contribution in [0.5, 0.6) is 0 Å². The number of carbonyl (C=O) groups excluding carboxylic acids is 1. The molecule has 1 N–H and O–H groups in total. The Morgan fingerprint density at radius 3 is 2.83 bits per heavy atom. The van der Waals surface area contributed by atoms with E-state index in [4.69, 9.17) is 16.0 Å². The molecule has 1 amide bonds. The van der Waals surface area contributed by atoms with E-state index in [2.05, 4.69) is 10.4 Å². The lowest BCUT2D eigenvalue weighted by Crippen LogP contribution is -2.29. The Balaban J connectivity index is 1.80. The van der Waals surface area contributed by atoms with Gasteiger partial charge >= 0.3 is 0 Å². The summed E-state index contributed by atoms with van der Waals surface area (Å²) in [6, 6.07) is 11.6. The van der Waals surface area contributed by atoms with Crippen LogP contribution in [0.3, 0.4) is 0 Å². The van der Waals surface area contributed by atoms with Gasteiger partial charge in [-0.1, -0.05) is 17.7 Å². The van der Waals surface area contributed by atoms with Crippen LogP contribution in [-0.2, 0) is 11.3 Å². The van der Waals surface area contributed by atoms with Crippen molar-refractivity contribution in [1.29, 1.82) is 0 Å². The third-order valence-electron chi connectivity index (χ3n) is 3.48. The predicted molar refractivity (Wildman–Crippen MR) is 91.0 cm³/mol. The van der Waals surface area contributed by atoms with Crippen molar-refractivity contribution in [3.05, 3.63) is 69.7 Å². The summed E-state index contributed by atoms with van der Waals surface area (Å²) in [4.78, 5) is 24.1.